The van der Waals surface area contributed by atoms with E-state index in [9.17, 15) is 9.59 Å². The highest BCUT2D eigenvalue weighted by molar-refractivity contribution is 7.99. The number of carbonyl (C=O) groups is 1. The molecule has 1 aromatic carbocycles. The van der Waals surface area contributed by atoms with Crippen molar-refractivity contribution in [2.75, 3.05) is 24.8 Å². The zero-order valence-electron chi connectivity index (χ0n) is 17.3. The molecule has 0 bridgehead atoms. The summed E-state index contributed by atoms with van der Waals surface area (Å²) >= 11 is 2.78. The number of hydrogen-bond donors (Lipinski definition) is 1. The molecule has 0 spiro atoms. The van der Waals surface area contributed by atoms with Crippen molar-refractivity contribution < 1.29 is 9.53 Å². The Bertz CT molecular complexity index is 1120. The summed E-state index contributed by atoms with van der Waals surface area (Å²) in [6, 6.07) is 5.82. The topological polar surface area (TPSA) is 73.2 Å². The van der Waals surface area contributed by atoms with Crippen molar-refractivity contribution in [3.05, 3.63) is 50.1 Å². The summed E-state index contributed by atoms with van der Waals surface area (Å²) < 4.78 is 6.77. The second-order valence-corrected chi connectivity index (χ2v) is 9.04. The minimum Gasteiger partial charge on any atom is -0.383 e. The number of methoxy groups -OCH3 is 1. The SMILES string of the molecule is COCCn1c(SCC(=O)Nc2cccc(C)c2C)nc2sc(C)c(C)c2c1=O. The minimum atomic E-state index is -0.130. The van der Waals surface area contributed by atoms with Crippen molar-refractivity contribution in [2.45, 2.75) is 39.4 Å². The lowest BCUT2D eigenvalue weighted by Crippen LogP contribution is -2.26. The lowest BCUT2D eigenvalue weighted by molar-refractivity contribution is -0.113. The lowest BCUT2D eigenvalue weighted by atomic mass is 10.1. The Kier molecular flexibility index (Phi) is 6.77. The normalized spacial score (nSPS) is 11.2. The van der Waals surface area contributed by atoms with Gasteiger partial charge in [0.2, 0.25) is 5.91 Å². The Morgan fingerprint density at radius 2 is 2.00 bits per heavy atom. The number of hydrogen-bond acceptors (Lipinski definition) is 6. The van der Waals surface area contributed by atoms with Crippen LogP contribution in [0.15, 0.2) is 28.2 Å². The molecule has 0 aliphatic heterocycles. The van der Waals surface area contributed by atoms with Crippen molar-refractivity contribution in [1.82, 2.24) is 9.55 Å². The van der Waals surface area contributed by atoms with E-state index in [1.807, 2.05) is 45.9 Å². The molecule has 6 nitrogen and oxygen atoms in total. The minimum absolute atomic E-state index is 0.0775. The second kappa shape index (κ2) is 9.11. The fourth-order valence-electron chi connectivity index (χ4n) is 3.00. The first kappa shape index (κ1) is 21.5. The number of aromatic nitrogens is 2. The molecule has 2 heterocycles. The highest BCUT2D eigenvalue weighted by Crippen LogP contribution is 2.28. The van der Waals surface area contributed by atoms with E-state index in [0.717, 1.165) is 32.1 Å². The summed E-state index contributed by atoms with van der Waals surface area (Å²) in [6.07, 6.45) is 0. The Balaban J connectivity index is 1.85. The van der Waals surface area contributed by atoms with Gasteiger partial charge in [-0.1, -0.05) is 23.9 Å². The Morgan fingerprint density at radius 1 is 1.24 bits per heavy atom. The molecule has 0 aliphatic rings. The van der Waals surface area contributed by atoms with Crippen LogP contribution in [0.1, 0.15) is 21.6 Å². The number of nitrogens with one attached hydrogen (secondary N) is 1. The fourth-order valence-corrected chi connectivity index (χ4v) is 4.90. The average Bonchev–Trinajstić information content (AvgIpc) is 2.97. The third kappa shape index (κ3) is 4.55. The van der Waals surface area contributed by atoms with Gasteiger partial charge in [0, 0.05) is 17.7 Å². The van der Waals surface area contributed by atoms with Gasteiger partial charge < -0.3 is 10.1 Å². The second-order valence-electron chi connectivity index (χ2n) is 6.89. The van der Waals surface area contributed by atoms with Crippen LogP contribution < -0.4 is 10.9 Å². The standard InChI is InChI=1S/C21H25N3O3S2/c1-12-7-6-8-16(13(12)2)22-17(25)11-28-21-23-19-18(14(3)15(4)29-19)20(26)24(21)9-10-27-5/h6-8H,9-11H2,1-5H3,(H,22,25). The zero-order chi connectivity index (χ0) is 21.1. The molecule has 0 radical (unpaired) electrons. The van der Waals surface area contributed by atoms with Crippen LogP contribution in [-0.2, 0) is 16.1 Å². The fraction of sp³-hybridized carbons (Fsp3) is 0.381. The van der Waals surface area contributed by atoms with Gasteiger partial charge in [-0.25, -0.2) is 4.98 Å². The van der Waals surface area contributed by atoms with Crippen LogP contribution in [0.2, 0.25) is 0 Å². The molecule has 1 N–H and O–H groups in total. The molecular formula is C21H25N3O3S2. The molecule has 154 valence electrons. The maximum absolute atomic E-state index is 13.1. The predicted octanol–water partition coefficient (Wildman–Crippen LogP) is 4.07. The molecule has 3 rings (SSSR count). The van der Waals surface area contributed by atoms with Crippen LogP contribution in [0, 0.1) is 27.7 Å². The van der Waals surface area contributed by atoms with E-state index in [4.69, 9.17) is 9.72 Å². The van der Waals surface area contributed by atoms with Crippen molar-refractivity contribution >= 4 is 44.9 Å². The molecule has 8 heteroatoms. The van der Waals surface area contributed by atoms with Crippen LogP contribution in [0.5, 0.6) is 0 Å². The van der Waals surface area contributed by atoms with Crippen molar-refractivity contribution in [2.24, 2.45) is 0 Å². The number of amides is 1. The number of thiophene rings is 1. The van der Waals surface area contributed by atoms with Crippen molar-refractivity contribution in [3.63, 3.8) is 0 Å². The van der Waals surface area contributed by atoms with Gasteiger partial charge >= 0.3 is 0 Å². The van der Waals surface area contributed by atoms with Crippen LogP contribution >= 0.6 is 23.1 Å². The van der Waals surface area contributed by atoms with Crippen molar-refractivity contribution in [3.8, 4) is 0 Å². The molecule has 2 aromatic heterocycles. The molecule has 29 heavy (non-hydrogen) atoms. The van der Waals surface area contributed by atoms with E-state index in [-0.39, 0.29) is 17.2 Å². The summed E-state index contributed by atoms with van der Waals surface area (Å²) in [5, 5.41) is 4.15. The van der Waals surface area contributed by atoms with Crippen LogP contribution in [-0.4, -0.2) is 34.9 Å². The highest BCUT2D eigenvalue weighted by atomic mass is 32.2. The molecule has 3 aromatic rings. The van der Waals surface area contributed by atoms with Crippen LogP contribution in [0.4, 0.5) is 5.69 Å². The Morgan fingerprint density at radius 3 is 2.72 bits per heavy atom. The Hall–Kier alpha value is -2.16. The molecule has 0 saturated heterocycles. The number of nitrogens with zero attached hydrogens (tertiary/aromatic N) is 2. The number of rotatable bonds is 7. The maximum Gasteiger partial charge on any atom is 0.263 e. The lowest BCUT2D eigenvalue weighted by Gasteiger charge is -2.13. The van der Waals surface area contributed by atoms with Gasteiger partial charge in [-0.15, -0.1) is 11.3 Å². The molecule has 0 saturated carbocycles. The summed E-state index contributed by atoms with van der Waals surface area (Å²) in [4.78, 5) is 32.1. The first-order valence-corrected chi connectivity index (χ1v) is 11.1. The molecule has 0 aliphatic carbocycles. The summed E-state index contributed by atoms with van der Waals surface area (Å²) in [5.41, 5.74) is 3.87. The largest absolute Gasteiger partial charge is 0.383 e. The van der Waals surface area contributed by atoms with Gasteiger partial charge in [-0.3, -0.25) is 14.2 Å². The number of ether oxygens (including phenoxy) is 1. The first-order chi connectivity index (χ1) is 13.8. The quantitative estimate of drug-likeness (QED) is 0.451. The molecule has 0 atom stereocenters. The monoisotopic (exact) mass is 431 g/mol. The zero-order valence-corrected chi connectivity index (χ0v) is 18.9. The van der Waals surface area contributed by atoms with E-state index in [1.165, 1.54) is 23.1 Å². The summed E-state index contributed by atoms with van der Waals surface area (Å²) in [6.45, 7) is 8.73. The predicted molar refractivity (Wildman–Crippen MR) is 120 cm³/mol. The number of aryl methyl sites for hydroxylation is 3. The number of fused-ring (bicyclic) bond motifs is 1. The maximum atomic E-state index is 13.1. The van der Waals surface area contributed by atoms with Gasteiger partial charge in [-0.05, 0) is 50.5 Å². The van der Waals surface area contributed by atoms with E-state index in [2.05, 4.69) is 5.32 Å². The van der Waals surface area contributed by atoms with Gasteiger partial charge in [0.25, 0.3) is 5.56 Å². The van der Waals surface area contributed by atoms with Gasteiger partial charge in [0.05, 0.1) is 24.3 Å². The van der Waals surface area contributed by atoms with E-state index in [1.54, 1.807) is 11.7 Å². The number of benzene rings is 1. The van der Waals surface area contributed by atoms with E-state index >= 15 is 0 Å². The smallest absolute Gasteiger partial charge is 0.263 e. The number of thioether (sulfide) groups is 1. The summed E-state index contributed by atoms with van der Waals surface area (Å²) in [7, 11) is 1.60. The van der Waals surface area contributed by atoms with Gasteiger partial charge in [0.1, 0.15) is 4.83 Å². The molecule has 0 unspecified atom stereocenters. The van der Waals surface area contributed by atoms with Crippen LogP contribution in [0.25, 0.3) is 10.2 Å². The third-order valence-electron chi connectivity index (χ3n) is 4.98. The summed E-state index contributed by atoms with van der Waals surface area (Å²) in [5.74, 6) is 0.0386. The van der Waals surface area contributed by atoms with Crippen LogP contribution in [0.3, 0.4) is 0 Å². The van der Waals surface area contributed by atoms with Gasteiger partial charge in [0.15, 0.2) is 5.16 Å². The van der Waals surface area contributed by atoms with Crippen molar-refractivity contribution in [1.29, 1.82) is 0 Å². The highest BCUT2D eigenvalue weighted by Gasteiger charge is 2.18. The number of anilines is 1. The average molecular weight is 432 g/mol. The molecular weight excluding hydrogens is 406 g/mol. The van der Waals surface area contributed by atoms with Gasteiger partial charge in [-0.2, -0.15) is 0 Å². The third-order valence-corrected chi connectivity index (χ3v) is 7.06. The first-order valence-electron chi connectivity index (χ1n) is 9.31. The van der Waals surface area contributed by atoms with E-state index < -0.39 is 0 Å². The molecule has 1 amide bonds. The number of carbonyl (C=O) groups excluding carboxylic acids is 1. The van der Waals surface area contributed by atoms with E-state index in [0.29, 0.717) is 23.7 Å². The Labute approximate surface area is 178 Å². The molecule has 0 fully saturated rings.